The van der Waals surface area contributed by atoms with Gasteiger partial charge in [-0.05, 0) is 43.7 Å². The Kier molecular flexibility index (Phi) is 5.13. The number of nitrogens with one attached hydrogen (secondary N) is 1. The first-order valence-corrected chi connectivity index (χ1v) is 9.16. The molecule has 122 valence electrons. The third-order valence-corrected chi connectivity index (χ3v) is 5.33. The van der Waals surface area contributed by atoms with Crippen LogP contribution in [0.1, 0.15) is 43.2 Å². The second-order valence-electron chi connectivity index (χ2n) is 6.30. The minimum absolute atomic E-state index is 0.0361. The minimum Gasteiger partial charge on any atom is -0.348 e. The van der Waals surface area contributed by atoms with E-state index < -0.39 is 0 Å². The second-order valence-corrected chi connectivity index (χ2v) is 7.33. The van der Waals surface area contributed by atoms with E-state index in [1.54, 1.807) is 11.3 Å². The molecular weight excluding hydrogens is 304 g/mol. The summed E-state index contributed by atoms with van der Waals surface area (Å²) in [6.45, 7) is 4.94. The number of hydrogen-bond acceptors (Lipinski definition) is 3. The van der Waals surface area contributed by atoms with Crippen LogP contribution < -0.4 is 5.32 Å². The zero-order valence-electron chi connectivity index (χ0n) is 13.7. The van der Waals surface area contributed by atoms with Gasteiger partial charge >= 0.3 is 0 Å². The molecule has 2 aromatic rings. The Morgan fingerprint density at radius 3 is 2.57 bits per heavy atom. The van der Waals surface area contributed by atoms with Crippen molar-refractivity contribution < 1.29 is 4.79 Å². The molecule has 1 aromatic carbocycles. The van der Waals surface area contributed by atoms with Gasteiger partial charge in [0.05, 0.1) is 12.1 Å². The fraction of sp³-hybridized carbons (Fsp3) is 0.421. The third-order valence-electron chi connectivity index (χ3n) is 4.47. The maximum atomic E-state index is 12.7. The average molecular weight is 328 g/mol. The van der Waals surface area contributed by atoms with Gasteiger partial charge in [0, 0.05) is 17.5 Å². The van der Waals surface area contributed by atoms with Crippen molar-refractivity contribution in [2.45, 2.75) is 51.4 Å². The van der Waals surface area contributed by atoms with Crippen LogP contribution in [0.5, 0.6) is 0 Å². The molecule has 3 nitrogen and oxygen atoms in total. The summed E-state index contributed by atoms with van der Waals surface area (Å²) >= 11 is 1.76. The maximum Gasteiger partial charge on any atom is 0.237 e. The second kappa shape index (κ2) is 7.28. The minimum atomic E-state index is -0.101. The quantitative estimate of drug-likeness (QED) is 0.834. The lowest BCUT2D eigenvalue weighted by Gasteiger charge is -2.29. The molecule has 1 heterocycles. The Bertz CT molecular complexity index is 622. The standard InChI is InChI=1S/C19H24N2OS/c1-14(16-7-4-3-5-8-16)20-19(22)15(2)21(17-10-11-17)13-18-9-6-12-23-18/h3-9,12,14-15,17H,10-11,13H2,1-2H3,(H,20,22). The van der Waals surface area contributed by atoms with Crippen molar-refractivity contribution in [2.24, 2.45) is 0 Å². The van der Waals surface area contributed by atoms with Gasteiger partial charge < -0.3 is 5.32 Å². The molecule has 23 heavy (non-hydrogen) atoms. The summed E-state index contributed by atoms with van der Waals surface area (Å²) in [4.78, 5) is 16.4. The summed E-state index contributed by atoms with van der Waals surface area (Å²) in [6, 6.07) is 14.8. The number of hydrogen-bond donors (Lipinski definition) is 1. The molecule has 0 radical (unpaired) electrons. The van der Waals surface area contributed by atoms with Gasteiger partial charge in [-0.25, -0.2) is 0 Å². The zero-order chi connectivity index (χ0) is 16.2. The van der Waals surface area contributed by atoms with Crippen LogP contribution in [0.2, 0.25) is 0 Å². The molecule has 3 rings (SSSR count). The lowest BCUT2D eigenvalue weighted by atomic mass is 10.1. The number of carbonyl (C=O) groups is 1. The highest BCUT2D eigenvalue weighted by Gasteiger charge is 2.35. The van der Waals surface area contributed by atoms with Crippen LogP contribution in [0.4, 0.5) is 0 Å². The molecule has 4 heteroatoms. The SMILES string of the molecule is CC(NC(=O)C(C)N(Cc1cccs1)C1CC1)c1ccccc1. The highest BCUT2D eigenvalue weighted by atomic mass is 32.1. The molecule has 1 fully saturated rings. The van der Waals surface area contributed by atoms with Gasteiger partial charge in [0.1, 0.15) is 0 Å². The van der Waals surface area contributed by atoms with Crippen molar-refractivity contribution in [1.29, 1.82) is 0 Å². The Hall–Kier alpha value is -1.65. The summed E-state index contributed by atoms with van der Waals surface area (Å²) in [6.07, 6.45) is 2.41. The highest BCUT2D eigenvalue weighted by molar-refractivity contribution is 7.09. The van der Waals surface area contributed by atoms with Crippen molar-refractivity contribution in [3.05, 3.63) is 58.3 Å². The van der Waals surface area contributed by atoms with E-state index in [1.165, 1.54) is 17.7 Å². The van der Waals surface area contributed by atoms with Crippen molar-refractivity contribution in [3.8, 4) is 0 Å². The molecule has 0 spiro atoms. The molecule has 0 aliphatic heterocycles. The van der Waals surface area contributed by atoms with E-state index in [9.17, 15) is 4.79 Å². The predicted octanol–water partition coefficient (Wildman–Crippen LogP) is 3.98. The molecule has 0 saturated heterocycles. The molecule has 1 saturated carbocycles. The molecule has 1 aliphatic carbocycles. The van der Waals surface area contributed by atoms with E-state index in [0.717, 1.165) is 12.1 Å². The van der Waals surface area contributed by atoms with Crippen molar-refractivity contribution >= 4 is 17.2 Å². The summed E-state index contributed by atoms with van der Waals surface area (Å²) in [5.41, 5.74) is 1.14. The van der Waals surface area contributed by atoms with E-state index >= 15 is 0 Å². The molecule has 1 aliphatic rings. The fourth-order valence-electron chi connectivity index (χ4n) is 2.88. The number of rotatable bonds is 7. The van der Waals surface area contributed by atoms with Gasteiger partial charge in [-0.1, -0.05) is 36.4 Å². The Balaban J connectivity index is 1.62. The van der Waals surface area contributed by atoms with Crippen LogP contribution in [-0.2, 0) is 11.3 Å². The van der Waals surface area contributed by atoms with Crippen molar-refractivity contribution in [1.82, 2.24) is 10.2 Å². The molecule has 0 bridgehead atoms. The first kappa shape index (κ1) is 16.2. The van der Waals surface area contributed by atoms with E-state index in [1.807, 2.05) is 32.0 Å². The largest absolute Gasteiger partial charge is 0.348 e. The average Bonchev–Trinajstić information content (AvgIpc) is 3.28. The first-order valence-electron chi connectivity index (χ1n) is 8.28. The zero-order valence-corrected chi connectivity index (χ0v) is 14.6. The van der Waals surface area contributed by atoms with E-state index in [-0.39, 0.29) is 18.0 Å². The maximum absolute atomic E-state index is 12.7. The molecular formula is C19H24N2OS. The summed E-state index contributed by atoms with van der Waals surface area (Å²) in [5.74, 6) is 0.116. The molecule has 1 amide bonds. The van der Waals surface area contributed by atoms with Crippen LogP contribution in [0.15, 0.2) is 47.8 Å². The Labute approximate surface area is 142 Å². The van der Waals surface area contributed by atoms with Crippen LogP contribution in [0.3, 0.4) is 0 Å². The number of carbonyl (C=O) groups excluding carboxylic acids is 1. The monoisotopic (exact) mass is 328 g/mol. The van der Waals surface area contributed by atoms with Crippen LogP contribution in [0.25, 0.3) is 0 Å². The first-order chi connectivity index (χ1) is 11.1. The van der Waals surface area contributed by atoms with Gasteiger partial charge in [-0.15, -0.1) is 11.3 Å². The van der Waals surface area contributed by atoms with Crippen LogP contribution >= 0.6 is 11.3 Å². The molecule has 1 N–H and O–H groups in total. The summed E-state index contributed by atoms with van der Waals surface area (Å²) in [7, 11) is 0. The van der Waals surface area contributed by atoms with E-state index in [4.69, 9.17) is 0 Å². The van der Waals surface area contributed by atoms with E-state index in [2.05, 4.69) is 39.9 Å². The molecule has 2 unspecified atom stereocenters. The van der Waals surface area contributed by atoms with Gasteiger partial charge in [-0.2, -0.15) is 0 Å². The van der Waals surface area contributed by atoms with Crippen LogP contribution in [-0.4, -0.2) is 22.9 Å². The number of nitrogens with zero attached hydrogens (tertiary/aromatic N) is 1. The Morgan fingerprint density at radius 2 is 1.96 bits per heavy atom. The normalized spacial score (nSPS) is 17.0. The number of amides is 1. The smallest absolute Gasteiger partial charge is 0.237 e. The Morgan fingerprint density at radius 1 is 1.22 bits per heavy atom. The molecule has 2 atom stereocenters. The summed E-state index contributed by atoms with van der Waals surface area (Å²) in [5, 5.41) is 5.26. The fourth-order valence-corrected chi connectivity index (χ4v) is 3.59. The topological polar surface area (TPSA) is 32.3 Å². The van der Waals surface area contributed by atoms with E-state index in [0.29, 0.717) is 6.04 Å². The molecule has 1 aromatic heterocycles. The van der Waals surface area contributed by atoms with Crippen molar-refractivity contribution in [2.75, 3.05) is 0 Å². The number of benzene rings is 1. The summed E-state index contributed by atoms with van der Waals surface area (Å²) < 4.78 is 0. The lowest BCUT2D eigenvalue weighted by Crippen LogP contribution is -2.46. The number of thiophene rings is 1. The van der Waals surface area contributed by atoms with Gasteiger partial charge in [-0.3, -0.25) is 9.69 Å². The lowest BCUT2D eigenvalue weighted by molar-refractivity contribution is -0.127. The van der Waals surface area contributed by atoms with Gasteiger partial charge in [0.25, 0.3) is 0 Å². The third kappa shape index (κ3) is 4.21. The van der Waals surface area contributed by atoms with Gasteiger partial charge in [0.15, 0.2) is 0 Å². The van der Waals surface area contributed by atoms with Crippen molar-refractivity contribution in [3.63, 3.8) is 0 Å². The highest BCUT2D eigenvalue weighted by Crippen LogP contribution is 2.31. The van der Waals surface area contributed by atoms with Crippen LogP contribution in [0, 0.1) is 0 Å². The van der Waals surface area contributed by atoms with Gasteiger partial charge in [0.2, 0.25) is 5.91 Å². The predicted molar refractivity (Wildman–Crippen MR) is 95.3 cm³/mol.